The topological polar surface area (TPSA) is 80.7 Å². The Labute approximate surface area is 122 Å². The van der Waals surface area contributed by atoms with Gasteiger partial charge in [0.25, 0.3) is 0 Å². The van der Waals surface area contributed by atoms with Crippen LogP contribution in [0, 0.1) is 5.92 Å². The maximum atomic E-state index is 12.2. The molecule has 1 aliphatic carbocycles. The molecule has 0 unspecified atom stereocenters. The third-order valence-corrected chi connectivity index (χ3v) is 3.40. The molecule has 0 aromatic heterocycles. The van der Waals surface area contributed by atoms with Crippen LogP contribution in [0.3, 0.4) is 0 Å². The highest BCUT2D eigenvalue weighted by atomic mass is 16.5. The molecular formula is C16H16O5. The van der Waals surface area contributed by atoms with Crippen molar-refractivity contribution in [2.75, 3.05) is 6.61 Å². The maximum absolute atomic E-state index is 12.2. The van der Waals surface area contributed by atoms with E-state index in [1.165, 1.54) is 6.07 Å². The van der Waals surface area contributed by atoms with E-state index in [9.17, 15) is 19.5 Å². The summed E-state index contributed by atoms with van der Waals surface area (Å²) in [5, 5.41) is 10.3. The molecule has 0 radical (unpaired) electrons. The zero-order valence-electron chi connectivity index (χ0n) is 11.9. The lowest BCUT2D eigenvalue weighted by atomic mass is 9.82. The number of esters is 1. The zero-order chi connectivity index (χ0) is 15.6. The number of hydrogen-bond acceptors (Lipinski definition) is 5. The van der Waals surface area contributed by atoms with E-state index in [-0.39, 0.29) is 29.9 Å². The Hall–Kier alpha value is -2.43. The Morgan fingerprint density at radius 1 is 1.19 bits per heavy atom. The van der Waals surface area contributed by atoms with Crippen LogP contribution in [0.25, 0.3) is 5.76 Å². The van der Waals surface area contributed by atoms with Crippen LogP contribution in [0.5, 0.6) is 0 Å². The van der Waals surface area contributed by atoms with Gasteiger partial charge in [0.2, 0.25) is 11.6 Å². The fourth-order valence-corrected chi connectivity index (χ4v) is 2.41. The van der Waals surface area contributed by atoms with E-state index >= 15 is 0 Å². The van der Waals surface area contributed by atoms with Crippen LogP contribution < -0.4 is 0 Å². The van der Waals surface area contributed by atoms with Gasteiger partial charge in [0, 0.05) is 16.7 Å². The first-order chi connectivity index (χ1) is 9.97. The fraction of sp³-hybridized carbons (Fsp3) is 0.312. The standard InChI is InChI=1S/C16H16O5/c1-3-21-12(17)8-9(2)13-14(18)10-6-4-5-7-11(10)15(19)16(13)20/h4-7,9,18H,3,8H2,1-2H3/t9-/m1/s1. The molecule has 0 saturated heterocycles. The number of carbonyl (C=O) groups excluding carboxylic acids is 3. The highest BCUT2D eigenvalue weighted by Crippen LogP contribution is 2.32. The summed E-state index contributed by atoms with van der Waals surface area (Å²) >= 11 is 0. The summed E-state index contributed by atoms with van der Waals surface area (Å²) in [7, 11) is 0. The monoisotopic (exact) mass is 288 g/mol. The van der Waals surface area contributed by atoms with Crippen LogP contribution in [0.4, 0.5) is 0 Å². The minimum atomic E-state index is -0.761. The predicted octanol–water partition coefficient (Wildman–Crippen LogP) is 2.31. The molecule has 0 heterocycles. The Balaban J connectivity index is 2.40. The molecule has 0 fully saturated rings. The molecule has 0 bridgehead atoms. The molecule has 1 atom stereocenters. The minimum Gasteiger partial charge on any atom is -0.507 e. The molecule has 1 aliphatic rings. The number of fused-ring (bicyclic) bond motifs is 1. The van der Waals surface area contributed by atoms with E-state index in [1.807, 2.05) is 0 Å². The van der Waals surface area contributed by atoms with Gasteiger partial charge < -0.3 is 9.84 Å². The molecule has 0 spiro atoms. The first-order valence-electron chi connectivity index (χ1n) is 6.74. The van der Waals surface area contributed by atoms with E-state index in [4.69, 9.17) is 4.74 Å². The van der Waals surface area contributed by atoms with Crippen molar-refractivity contribution in [3.8, 4) is 0 Å². The van der Waals surface area contributed by atoms with Gasteiger partial charge in [0.15, 0.2) is 0 Å². The summed E-state index contributed by atoms with van der Waals surface area (Å²) in [6, 6.07) is 6.38. The largest absolute Gasteiger partial charge is 0.507 e. The van der Waals surface area contributed by atoms with Gasteiger partial charge in [-0.1, -0.05) is 31.2 Å². The maximum Gasteiger partial charge on any atom is 0.306 e. The van der Waals surface area contributed by atoms with Crippen LogP contribution in [-0.4, -0.2) is 29.2 Å². The molecule has 2 rings (SSSR count). The number of aliphatic hydroxyl groups is 1. The van der Waals surface area contributed by atoms with Gasteiger partial charge in [-0.25, -0.2) is 0 Å². The molecule has 0 saturated carbocycles. The first kappa shape index (κ1) is 15.0. The van der Waals surface area contributed by atoms with Crippen molar-refractivity contribution in [2.45, 2.75) is 20.3 Å². The molecule has 5 heteroatoms. The molecule has 1 N–H and O–H groups in total. The van der Waals surface area contributed by atoms with Gasteiger partial charge in [-0.2, -0.15) is 0 Å². The second kappa shape index (κ2) is 5.91. The summed E-state index contributed by atoms with van der Waals surface area (Å²) in [5.74, 6) is -2.71. The van der Waals surface area contributed by atoms with Crippen molar-refractivity contribution < 1.29 is 24.2 Å². The number of ether oxygens (including phenoxy) is 1. The van der Waals surface area contributed by atoms with Crippen LogP contribution in [-0.2, 0) is 14.3 Å². The molecule has 0 aliphatic heterocycles. The predicted molar refractivity (Wildman–Crippen MR) is 75.7 cm³/mol. The van der Waals surface area contributed by atoms with Crippen molar-refractivity contribution in [3.05, 3.63) is 41.0 Å². The van der Waals surface area contributed by atoms with Crippen molar-refractivity contribution in [1.29, 1.82) is 0 Å². The third kappa shape index (κ3) is 2.72. The van der Waals surface area contributed by atoms with Gasteiger partial charge in [0.05, 0.1) is 13.0 Å². The molecule has 5 nitrogen and oxygen atoms in total. The van der Waals surface area contributed by atoms with Crippen molar-refractivity contribution in [1.82, 2.24) is 0 Å². The van der Waals surface area contributed by atoms with Gasteiger partial charge in [-0.05, 0) is 12.8 Å². The number of allylic oxidation sites excluding steroid dienone is 1. The first-order valence-corrected chi connectivity index (χ1v) is 6.74. The van der Waals surface area contributed by atoms with Crippen molar-refractivity contribution in [2.24, 2.45) is 5.92 Å². The lowest BCUT2D eigenvalue weighted by molar-refractivity contribution is -0.143. The average Bonchev–Trinajstić information content (AvgIpc) is 2.45. The average molecular weight is 288 g/mol. The van der Waals surface area contributed by atoms with Crippen LogP contribution in [0.2, 0.25) is 0 Å². The summed E-state index contributed by atoms with van der Waals surface area (Å²) < 4.78 is 4.83. The van der Waals surface area contributed by atoms with E-state index in [0.717, 1.165) is 0 Å². The summed E-state index contributed by atoms with van der Waals surface area (Å²) in [6.45, 7) is 3.54. The number of Topliss-reactive ketones (excluding diaryl/α,β-unsaturated/α-hetero) is 2. The Bertz CT molecular complexity index is 642. The van der Waals surface area contributed by atoms with Gasteiger partial charge in [-0.3, -0.25) is 14.4 Å². The van der Waals surface area contributed by atoms with Crippen LogP contribution >= 0.6 is 0 Å². The fourth-order valence-electron chi connectivity index (χ4n) is 2.41. The second-order valence-electron chi connectivity index (χ2n) is 4.88. The number of hydrogen-bond donors (Lipinski definition) is 1. The molecule has 21 heavy (non-hydrogen) atoms. The Morgan fingerprint density at radius 3 is 2.43 bits per heavy atom. The summed E-state index contributed by atoms with van der Waals surface area (Å²) in [4.78, 5) is 35.8. The summed E-state index contributed by atoms with van der Waals surface area (Å²) in [5.41, 5.74) is 0.492. The number of benzene rings is 1. The van der Waals surface area contributed by atoms with Crippen LogP contribution in [0.15, 0.2) is 29.8 Å². The third-order valence-electron chi connectivity index (χ3n) is 3.40. The second-order valence-corrected chi connectivity index (χ2v) is 4.88. The number of rotatable bonds is 4. The molecular weight excluding hydrogens is 272 g/mol. The quantitative estimate of drug-likeness (QED) is 0.679. The summed E-state index contributed by atoms with van der Waals surface area (Å²) in [6.07, 6.45) is -0.0611. The highest BCUT2D eigenvalue weighted by molar-refractivity contribution is 6.52. The number of ketones is 2. The van der Waals surface area contributed by atoms with E-state index in [1.54, 1.807) is 32.0 Å². The Kier molecular flexibility index (Phi) is 4.21. The van der Waals surface area contributed by atoms with Gasteiger partial charge >= 0.3 is 5.97 Å². The van der Waals surface area contributed by atoms with E-state index in [2.05, 4.69) is 0 Å². The van der Waals surface area contributed by atoms with Gasteiger partial charge in [-0.15, -0.1) is 0 Å². The molecule has 110 valence electrons. The van der Waals surface area contributed by atoms with Gasteiger partial charge in [0.1, 0.15) is 5.76 Å². The lowest BCUT2D eigenvalue weighted by Gasteiger charge is -2.21. The smallest absolute Gasteiger partial charge is 0.306 e. The zero-order valence-corrected chi connectivity index (χ0v) is 11.9. The minimum absolute atomic E-state index is 0.0215. The SMILES string of the molecule is CCOC(=O)C[C@@H](C)C1=C(O)c2ccccc2C(=O)C1=O. The van der Waals surface area contributed by atoms with E-state index in [0.29, 0.717) is 5.56 Å². The van der Waals surface area contributed by atoms with Crippen molar-refractivity contribution >= 4 is 23.3 Å². The van der Waals surface area contributed by atoms with Crippen LogP contribution in [0.1, 0.15) is 36.2 Å². The highest BCUT2D eigenvalue weighted by Gasteiger charge is 2.35. The molecule has 1 aromatic rings. The number of aliphatic hydroxyl groups excluding tert-OH is 1. The molecule has 1 aromatic carbocycles. The van der Waals surface area contributed by atoms with E-state index < -0.39 is 23.5 Å². The normalized spacial score (nSPS) is 15.7. The number of carbonyl (C=O) groups is 3. The lowest BCUT2D eigenvalue weighted by Crippen LogP contribution is -2.28. The Morgan fingerprint density at radius 2 is 1.81 bits per heavy atom. The van der Waals surface area contributed by atoms with Crippen molar-refractivity contribution in [3.63, 3.8) is 0 Å². The molecule has 0 amide bonds.